The molecule has 182 valence electrons. The number of benzene rings is 1. The predicted octanol–water partition coefficient (Wildman–Crippen LogP) is 2.39. The molecule has 0 aromatic heterocycles. The average molecular weight is 496 g/mol. The highest BCUT2D eigenvalue weighted by Crippen LogP contribution is 2.55. The molecule has 11 heteroatoms. The fourth-order valence-electron chi connectivity index (χ4n) is 3.54. The van der Waals surface area contributed by atoms with E-state index in [2.05, 4.69) is 10.4 Å². The van der Waals surface area contributed by atoms with Crippen LogP contribution in [0.1, 0.15) is 53.5 Å². The van der Waals surface area contributed by atoms with Crippen LogP contribution in [0.2, 0.25) is 0 Å². The number of hydrogen-bond acceptors (Lipinski definition) is 7. The molecule has 2 amide bonds. The Balaban J connectivity index is 2.11. The monoisotopic (exact) mass is 495 g/mol. The number of anilines is 1. The molecule has 0 bridgehead atoms. The molecule has 0 aliphatic carbocycles. The molecule has 0 radical (unpaired) electrons. The number of sulfonamides is 1. The molecule has 33 heavy (non-hydrogen) atoms. The zero-order valence-electron chi connectivity index (χ0n) is 20.0. The highest BCUT2D eigenvalue weighted by atomic mass is 32.2. The molecule has 0 fully saturated rings. The summed E-state index contributed by atoms with van der Waals surface area (Å²) in [7, 11) is -3.68. The van der Waals surface area contributed by atoms with Crippen molar-refractivity contribution in [3.8, 4) is 0 Å². The number of hydrazone groups is 1. The lowest BCUT2D eigenvalue weighted by Gasteiger charge is -2.35. The van der Waals surface area contributed by atoms with Crippen LogP contribution in [0, 0.1) is 10.8 Å². The molecule has 3 N–H and O–H groups in total. The molecular weight excluding hydrogens is 462 g/mol. The average Bonchev–Trinajstić information content (AvgIpc) is 3.24. The number of carbonyl (C=O) groups excluding carboxylic acids is 2. The van der Waals surface area contributed by atoms with Gasteiger partial charge in [-0.15, -0.1) is 5.10 Å². The predicted molar refractivity (Wildman–Crippen MR) is 132 cm³/mol. The van der Waals surface area contributed by atoms with E-state index in [0.29, 0.717) is 17.7 Å². The van der Waals surface area contributed by atoms with Crippen LogP contribution >= 0.6 is 11.8 Å². The van der Waals surface area contributed by atoms with E-state index < -0.39 is 25.7 Å². The molecule has 1 spiro atoms. The van der Waals surface area contributed by atoms with E-state index in [1.807, 2.05) is 12.1 Å². The first-order valence-electron chi connectivity index (χ1n) is 10.9. The highest BCUT2D eigenvalue weighted by molar-refractivity contribution is 8.15. The number of nitrogens with zero attached hydrogens (tertiary/aromatic N) is 3. The van der Waals surface area contributed by atoms with Crippen molar-refractivity contribution in [1.29, 1.82) is 0 Å². The van der Waals surface area contributed by atoms with Crippen LogP contribution in [-0.2, 0) is 24.5 Å². The zero-order valence-corrected chi connectivity index (χ0v) is 21.6. The van der Waals surface area contributed by atoms with Gasteiger partial charge in [0.25, 0.3) is 0 Å². The maximum atomic E-state index is 13.5. The highest BCUT2D eigenvalue weighted by Gasteiger charge is 2.58. The van der Waals surface area contributed by atoms with Gasteiger partial charge in [0.2, 0.25) is 21.8 Å². The van der Waals surface area contributed by atoms with Gasteiger partial charge < -0.3 is 11.1 Å². The first-order chi connectivity index (χ1) is 15.1. The number of nitrogens with one attached hydrogen (secondary N) is 1. The Labute approximate surface area is 200 Å². The summed E-state index contributed by atoms with van der Waals surface area (Å²) >= 11 is 1.20. The smallest absolute Gasteiger partial charge is 0.249 e. The Kier molecular flexibility index (Phi) is 6.64. The second-order valence-electron chi connectivity index (χ2n) is 10.3. The summed E-state index contributed by atoms with van der Waals surface area (Å²) in [5.41, 5.74) is 5.28. The van der Waals surface area contributed by atoms with Gasteiger partial charge in [0.05, 0.1) is 18.0 Å². The van der Waals surface area contributed by atoms with Gasteiger partial charge in [-0.25, -0.2) is 13.4 Å². The SMILES string of the molecule is CC(C)(C)C(=O)NC1=NN(C(=O)C(C)(C)C)C2(CN(S(=O)(=O)CCCN)c3ccccc32)S1. The number of thioether (sulfide) groups is 1. The van der Waals surface area contributed by atoms with E-state index in [0.717, 1.165) is 0 Å². The largest absolute Gasteiger partial charge is 0.330 e. The van der Waals surface area contributed by atoms with Gasteiger partial charge in [-0.1, -0.05) is 59.7 Å². The second-order valence-corrected chi connectivity index (χ2v) is 13.6. The van der Waals surface area contributed by atoms with Crippen molar-refractivity contribution in [1.82, 2.24) is 10.3 Å². The number of nitrogens with two attached hydrogens (primary N) is 1. The van der Waals surface area contributed by atoms with Crippen LogP contribution in [0.15, 0.2) is 29.4 Å². The van der Waals surface area contributed by atoms with Crippen molar-refractivity contribution in [2.75, 3.05) is 23.1 Å². The molecule has 1 aromatic carbocycles. The third kappa shape index (κ3) is 4.76. The summed E-state index contributed by atoms with van der Waals surface area (Å²) < 4.78 is 27.8. The van der Waals surface area contributed by atoms with Crippen molar-refractivity contribution in [3.63, 3.8) is 0 Å². The molecule has 3 rings (SSSR count). The van der Waals surface area contributed by atoms with Crippen LogP contribution in [0.4, 0.5) is 5.69 Å². The third-order valence-electron chi connectivity index (χ3n) is 5.43. The summed E-state index contributed by atoms with van der Waals surface area (Å²) in [6.45, 7) is 11.0. The Morgan fingerprint density at radius 1 is 1.15 bits per heavy atom. The summed E-state index contributed by atoms with van der Waals surface area (Å²) in [4.78, 5) is 25.0. The van der Waals surface area contributed by atoms with Crippen LogP contribution in [0.5, 0.6) is 0 Å². The van der Waals surface area contributed by atoms with Gasteiger partial charge >= 0.3 is 0 Å². The molecule has 2 aliphatic rings. The fourth-order valence-corrected chi connectivity index (χ4v) is 6.48. The molecule has 0 saturated carbocycles. The number of rotatable bonds is 4. The second kappa shape index (κ2) is 8.59. The van der Waals surface area contributed by atoms with Gasteiger partial charge in [-0.3, -0.25) is 13.9 Å². The van der Waals surface area contributed by atoms with Crippen LogP contribution < -0.4 is 15.4 Å². The van der Waals surface area contributed by atoms with Gasteiger partial charge in [0.1, 0.15) is 0 Å². The van der Waals surface area contributed by atoms with Gasteiger partial charge in [0, 0.05) is 16.4 Å². The Hall–Kier alpha value is -2.11. The number of hydrogen-bond donors (Lipinski definition) is 2. The molecule has 1 atom stereocenters. The lowest BCUT2D eigenvalue weighted by atomic mass is 9.94. The van der Waals surface area contributed by atoms with Gasteiger partial charge in [0.15, 0.2) is 10.0 Å². The van der Waals surface area contributed by atoms with Crippen LogP contribution in [0.25, 0.3) is 0 Å². The quantitative estimate of drug-likeness (QED) is 0.661. The van der Waals surface area contributed by atoms with Gasteiger partial charge in [-0.05, 0) is 30.8 Å². The number of para-hydroxylation sites is 1. The van der Waals surface area contributed by atoms with Crippen molar-refractivity contribution in [3.05, 3.63) is 29.8 Å². The number of amides is 2. The number of amidine groups is 1. The lowest BCUT2D eigenvalue weighted by molar-refractivity contribution is -0.142. The lowest BCUT2D eigenvalue weighted by Crippen LogP contribution is -2.49. The Morgan fingerprint density at radius 2 is 1.79 bits per heavy atom. The maximum Gasteiger partial charge on any atom is 0.249 e. The number of carbonyl (C=O) groups is 2. The molecular formula is C22H33N5O4S2. The minimum Gasteiger partial charge on any atom is -0.330 e. The summed E-state index contributed by atoms with van der Waals surface area (Å²) in [5.74, 6) is -0.612. The fraction of sp³-hybridized carbons (Fsp3) is 0.591. The van der Waals surface area contributed by atoms with Crippen LogP contribution in [0.3, 0.4) is 0 Å². The topological polar surface area (TPSA) is 125 Å². The van der Waals surface area contributed by atoms with E-state index in [1.54, 1.807) is 53.7 Å². The Bertz CT molecular complexity index is 1090. The van der Waals surface area contributed by atoms with Crippen molar-refractivity contribution in [2.45, 2.75) is 52.8 Å². The zero-order chi connectivity index (χ0) is 24.8. The van der Waals surface area contributed by atoms with E-state index in [4.69, 9.17) is 5.73 Å². The first kappa shape index (κ1) is 25.5. The molecule has 9 nitrogen and oxygen atoms in total. The van der Waals surface area contributed by atoms with E-state index in [-0.39, 0.29) is 35.8 Å². The summed E-state index contributed by atoms with van der Waals surface area (Å²) in [5, 5.41) is 8.95. The van der Waals surface area contributed by atoms with E-state index in [1.165, 1.54) is 21.1 Å². The summed E-state index contributed by atoms with van der Waals surface area (Å²) in [6.07, 6.45) is 0.329. The molecule has 0 saturated heterocycles. The van der Waals surface area contributed by atoms with Crippen molar-refractivity contribution >= 4 is 44.5 Å². The minimum atomic E-state index is -3.68. The molecule has 1 aromatic rings. The van der Waals surface area contributed by atoms with Crippen LogP contribution in [-0.4, -0.2) is 49.3 Å². The van der Waals surface area contributed by atoms with E-state index >= 15 is 0 Å². The minimum absolute atomic E-state index is 0.00980. The standard InChI is InChI=1S/C22H33N5O4S2/c1-20(2,3)17(28)24-19-25-27(18(29)21(4,5)6)22(32-19)14-26(33(30,31)13-9-12-23)16-11-8-7-10-15(16)22/h7-8,10-11H,9,12-14,23H2,1-6H3,(H,24,25,28). The first-order valence-corrected chi connectivity index (χ1v) is 13.3. The van der Waals surface area contributed by atoms with Gasteiger partial charge in [-0.2, -0.15) is 0 Å². The summed E-state index contributed by atoms with van der Waals surface area (Å²) in [6, 6.07) is 7.12. The van der Waals surface area contributed by atoms with Crippen molar-refractivity contribution < 1.29 is 18.0 Å². The molecule has 1 unspecified atom stereocenters. The molecule has 2 aliphatic heterocycles. The maximum absolute atomic E-state index is 13.5. The van der Waals surface area contributed by atoms with E-state index in [9.17, 15) is 18.0 Å². The van der Waals surface area contributed by atoms with Crippen molar-refractivity contribution in [2.24, 2.45) is 21.7 Å². The molecule has 2 heterocycles. The number of fused-ring (bicyclic) bond motifs is 2. The Morgan fingerprint density at radius 3 is 2.36 bits per heavy atom. The normalized spacial score (nSPS) is 20.8. The third-order valence-corrected chi connectivity index (χ3v) is 8.47.